The van der Waals surface area contributed by atoms with Crippen molar-refractivity contribution in [3.8, 4) is 0 Å². The van der Waals surface area contributed by atoms with Crippen LogP contribution in [0.15, 0.2) is 36.8 Å². The zero-order valence-corrected chi connectivity index (χ0v) is 15.6. The minimum absolute atomic E-state index is 0. The molecule has 1 fully saturated rings. The summed E-state index contributed by atoms with van der Waals surface area (Å²) in [4.78, 5) is 18.7. The number of hydrogen-bond acceptors (Lipinski definition) is 4. The van der Waals surface area contributed by atoms with Gasteiger partial charge in [-0.25, -0.2) is 0 Å². The predicted molar refractivity (Wildman–Crippen MR) is 100.0 cm³/mol. The molecule has 0 saturated carbocycles. The van der Waals surface area contributed by atoms with Gasteiger partial charge in [0.1, 0.15) is 5.69 Å². The lowest BCUT2D eigenvalue weighted by molar-refractivity contribution is 0.0718. The standard InChI is InChI=1S/C18H25N5O.ClH/c1-3-17(14-6-10-19-11-7-14)22(2)18(24)16-8-12-23(21-16)15-5-4-9-20-13-15;/h6-8,10-12,15,17,20H,3-5,9,13H2,1-2H3;1H. The van der Waals surface area contributed by atoms with Gasteiger partial charge in [-0.3, -0.25) is 14.5 Å². The Bertz CT molecular complexity index is 669. The fraction of sp³-hybridized carbons (Fsp3) is 0.500. The van der Waals surface area contributed by atoms with Crippen LogP contribution in [0.1, 0.15) is 54.3 Å². The highest BCUT2D eigenvalue weighted by molar-refractivity contribution is 5.92. The monoisotopic (exact) mass is 363 g/mol. The summed E-state index contributed by atoms with van der Waals surface area (Å²) >= 11 is 0. The van der Waals surface area contributed by atoms with Gasteiger partial charge in [0.15, 0.2) is 0 Å². The first kappa shape index (κ1) is 19.4. The Morgan fingerprint density at radius 1 is 1.40 bits per heavy atom. The average molecular weight is 364 g/mol. The van der Waals surface area contributed by atoms with E-state index in [1.54, 1.807) is 17.3 Å². The summed E-state index contributed by atoms with van der Waals surface area (Å²) in [5, 5.41) is 7.92. The van der Waals surface area contributed by atoms with E-state index in [2.05, 4.69) is 22.3 Å². The third-order valence-electron chi connectivity index (χ3n) is 4.74. The number of carbonyl (C=O) groups excluding carboxylic acids is 1. The van der Waals surface area contributed by atoms with Gasteiger partial charge in [-0.1, -0.05) is 6.92 Å². The fourth-order valence-electron chi connectivity index (χ4n) is 3.36. The number of carbonyl (C=O) groups is 1. The van der Waals surface area contributed by atoms with Gasteiger partial charge in [-0.05, 0) is 49.6 Å². The van der Waals surface area contributed by atoms with Gasteiger partial charge in [0, 0.05) is 32.2 Å². The molecule has 1 aliphatic rings. The van der Waals surface area contributed by atoms with Crippen molar-refractivity contribution in [2.24, 2.45) is 0 Å². The molecule has 25 heavy (non-hydrogen) atoms. The van der Waals surface area contributed by atoms with E-state index in [0.29, 0.717) is 11.7 Å². The Kier molecular flexibility index (Phi) is 6.96. The molecule has 1 saturated heterocycles. The molecule has 0 spiro atoms. The summed E-state index contributed by atoms with van der Waals surface area (Å²) in [5.41, 5.74) is 1.61. The number of nitrogens with zero attached hydrogens (tertiary/aromatic N) is 4. The van der Waals surface area contributed by atoms with Crippen molar-refractivity contribution >= 4 is 18.3 Å². The lowest BCUT2D eigenvalue weighted by atomic mass is 10.0. The van der Waals surface area contributed by atoms with E-state index in [1.807, 2.05) is 36.1 Å². The molecular weight excluding hydrogens is 338 g/mol. The van der Waals surface area contributed by atoms with Crippen molar-refractivity contribution in [1.29, 1.82) is 0 Å². The van der Waals surface area contributed by atoms with E-state index in [1.165, 1.54) is 0 Å². The molecule has 6 nitrogen and oxygen atoms in total. The normalized spacial score (nSPS) is 18.2. The Hall–Kier alpha value is -1.92. The summed E-state index contributed by atoms with van der Waals surface area (Å²) in [6, 6.07) is 6.12. The Balaban J connectivity index is 0.00000225. The molecule has 0 radical (unpaired) electrons. The number of nitrogens with one attached hydrogen (secondary N) is 1. The van der Waals surface area contributed by atoms with Crippen LogP contribution < -0.4 is 5.32 Å². The molecule has 0 aromatic carbocycles. The molecule has 136 valence electrons. The van der Waals surface area contributed by atoms with Gasteiger partial charge >= 0.3 is 0 Å². The molecule has 2 atom stereocenters. The maximum atomic E-state index is 12.8. The van der Waals surface area contributed by atoms with Crippen LogP contribution in [0.25, 0.3) is 0 Å². The molecule has 0 bridgehead atoms. The lowest BCUT2D eigenvalue weighted by Crippen LogP contribution is -2.33. The first-order valence-electron chi connectivity index (χ1n) is 8.63. The van der Waals surface area contributed by atoms with Crippen molar-refractivity contribution in [1.82, 2.24) is 25.0 Å². The number of rotatable bonds is 5. The van der Waals surface area contributed by atoms with Crippen LogP contribution in [0.4, 0.5) is 0 Å². The molecule has 0 aliphatic carbocycles. The van der Waals surface area contributed by atoms with Crippen LogP contribution in [0.3, 0.4) is 0 Å². The van der Waals surface area contributed by atoms with Crippen molar-refractivity contribution in [2.45, 2.75) is 38.3 Å². The maximum Gasteiger partial charge on any atom is 0.274 e. The Labute approximate surface area is 155 Å². The van der Waals surface area contributed by atoms with Crippen LogP contribution in [-0.2, 0) is 0 Å². The molecule has 2 unspecified atom stereocenters. The van der Waals surface area contributed by atoms with Crippen molar-refractivity contribution in [3.63, 3.8) is 0 Å². The SMILES string of the molecule is CCC(c1ccncc1)N(C)C(=O)c1ccn(C2CCCNC2)n1.Cl. The molecule has 3 rings (SSSR count). The number of hydrogen-bond donors (Lipinski definition) is 1. The first-order valence-corrected chi connectivity index (χ1v) is 8.63. The van der Waals surface area contributed by atoms with Gasteiger partial charge in [0.2, 0.25) is 0 Å². The Morgan fingerprint density at radius 3 is 2.80 bits per heavy atom. The minimum atomic E-state index is -0.0406. The van der Waals surface area contributed by atoms with E-state index in [-0.39, 0.29) is 24.4 Å². The van der Waals surface area contributed by atoms with Crippen molar-refractivity contribution < 1.29 is 4.79 Å². The van der Waals surface area contributed by atoms with E-state index >= 15 is 0 Å². The van der Waals surface area contributed by atoms with Crippen LogP contribution in [0.2, 0.25) is 0 Å². The molecule has 1 aliphatic heterocycles. The second-order valence-electron chi connectivity index (χ2n) is 6.30. The van der Waals surface area contributed by atoms with E-state index in [4.69, 9.17) is 0 Å². The van der Waals surface area contributed by atoms with Crippen LogP contribution in [0.5, 0.6) is 0 Å². The Morgan fingerprint density at radius 2 is 2.16 bits per heavy atom. The maximum absolute atomic E-state index is 12.8. The van der Waals surface area contributed by atoms with Crippen LogP contribution in [-0.4, -0.2) is 45.7 Å². The van der Waals surface area contributed by atoms with Gasteiger partial charge in [-0.2, -0.15) is 5.10 Å². The first-order chi connectivity index (χ1) is 11.7. The summed E-state index contributed by atoms with van der Waals surface area (Å²) in [5.74, 6) is -0.0406. The average Bonchev–Trinajstić information content (AvgIpc) is 3.13. The number of aromatic nitrogens is 3. The topological polar surface area (TPSA) is 63.1 Å². The van der Waals surface area contributed by atoms with Gasteiger partial charge in [0.25, 0.3) is 5.91 Å². The third-order valence-corrected chi connectivity index (χ3v) is 4.74. The van der Waals surface area contributed by atoms with Crippen LogP contribution >= 0.6 is 12.4 Å². The second-order valence-corrected chi connectivity index (χ2v) is 6.30. The van der Waals surface area contributed by atoms with Gasteiger partial charge in [-0.15, -0.1) is 12.4 Å². The van der Waals surface area contributed by atoms with E-state index in [9.17, 15) is 4.79 Å². The fourth-order valence-corrected chi connectivity index (χ4v) is 3.36. The smallest absolute Gasteiger partial charge is 0.274 e. The highest BCUT2D eigenvalue weighted by atomic mass is 35.5. The molecule has 7 heteroatoms. The number of piperidine rings is 1. The second kappa shape index (κ2) is 8.97. The lowest BCUT2D eigenvalue weighted by Gasteiger charge is -2.27. The number of pyridine rings is 1. The zero-order valence-electron chi connectivity index (χ0n) is 14.8. The molecule has 1 amide bonds. The van der Waals surface area contributed by atoms with Crippen LogP contribution in [0, 0.1) is 0 Å². The molecule has 3 heterocycles. The van der Waals surface area contributed by atoms with E-state index < -0.39 is 0 Å². The molecular formula is C18H26ClN5O. The summed E-state index contributed by atoms with van der Waals surface area (Å²) in [6.45, 7) is 4.07. The number of amides is 1. The zero-order chi connectivity index (χ0) is 16.9. The summed E-state index contributed by atoms with van der Waals surface area (Å²) in [7, 11) is 1.85. The third kappa shape index (κ3) is 4.38. The largest absolute Gasteiger partial charge is 0.333 e. The molecule has 2 aromatic rings. The highest BCUT2D eigenvalue weighted by Gasteiger charge is 2.24. The molecule has 1 N–H and O–H groups in total. The quantitative estimate of drug-likeness (QED) is 0.887. The molecule has 2 aromatic heterocycles. The minimum Gasteiger partial charge on any atom is -0.333 e. The summed E-state index contributed by atoms with van der Waals surface area (Å²) in [6.07, 6.45) is 8.55. The predicted octanol–water partition coefficient (Wildman–Crippen LogP) is 2.85. The summed E-state index contributed by atoms with van der Waals surface area (Å²) < 4.78 is 1.93. The highest BCUT2D eigenvalue weighted by Crippen LogP contribution is 2.24. The van der Waals surface area contributed by atoms with E-state index in [0.717, 1.165) is 37.9 Å². The number of halogens is 1. The van der Waals surface area contributed by atoms with Gasteiger partial charge in [0.05, 0.1) is 12.1 Å². The van der Waals surface area contributed by atoms with Crippen molar-refractivity contribution in [3.05, 3.63) is 48.0 Å². The van der Waals surface area contributed by atoms with Crippen molar-refractivity contribution in [2.75, 3.05) is 20.1 Å². The van der Waals surface area contributed by atoms with Gasteiger partial charge < -0.3 is 10.2 Å².